The van der Waals surface area contributed by atoms with Crippen molar-refractivity contribution in [3.05, 3.63) is 76.2 Å². The molecule has 29 heavy (non-hydrogen) atoms. The first-order chi connectivity index (χ1) is 13.8. The number of halogens is 1. The Labute approximate surface area is 177 Å². The van der Waals surface area contributed by atoms with Crippen LogP contribution in [0.15, 0.2) is 60.0 Å². The van der Waals surface area contributed by atoms with Gasteiger partial charge >= 0.3 is 0 Å². The van der Waals surface area contributed by atoms with Gasteiger partial charge in [-0.25, -0.2) is 8.42 Å². The number of rotatable bonds is 6. The minimum atomic E-state index is -3.49. The highest BCUT2D eigenvalue weighted by Gasteiger charge is 2.30. The van der Waals surface area contributed by atoms with Gasteiger partial charge in [0.2, 0.25) is 15.9 Å². The van der Waals surface area contributed by atoms with E-state index in [1.807, 2.05) is 49.4 Å². The molecule has 1 amide bonds. The first-order valence-electron chi connectivity index (χ1n) is 9.64. The Kier molecular flexibility index (Phi) is 7.11. The van der Waals surface area contributed by atoms with Gasteiger partial charge in [-0.05, 0) is 49.1 Å². The maximum Gasteiger partial charge on any atom is 0.236 e. The van der Waals surface area contributed by atoms with Crippen LogP contribution in [0, 0.1) is 5.92 Å². The molecule has 1 aliphatic rings. The molecule has 0 aliphatic carbocycles. The third-order valence-corrected chi connectivity index (χ3v) is 6.96. The van der Waals surface area contributed by atoms with Crippen LogP contribution in [0.1, 0.15) is 36.9 Å². The van der Waals surface area contributed by atoms with E-state index in [0.717, 1.165) is 11.1 Å². The van der Waals surface area contributed by atoms with Crippen LogP contribution >= 0.6 is 11.6 Å². The zero-order chi connectivity index (χ0) is 20.9. The van der Waals surface area contributed by atoms with E-state index >= 15 is 0 Å². The molecule has 1 unspecified atom stereocenters. The van der Waals surface area contributed by atoms with Crippen LogP contribution in [-0.4, -0.2) is 31.7 Å². The molecule has 0 radical (unpaired) electrons. The lowest BCUT2D eigenvalue weighted by Crippen LogP contribution is -2.42. The van der Waals surface area contributed by atoms with E-state index < -0.39 is 10.0 Å². The molecule has 0 spiro atoms. The van der Waals surface area contributed by atoms with Gasteiger partial charge in [-0.2, -0.15) is 4.31 Å². The van der Waals surface area contributed by atoms with Crippen molar-refractivity contribution in [2.45, 2.75) is 25.8 Å². The SMILES string of the molecule is CC(NC(=O)C1CCN(S(=O)(=O)/C=C/c2ccccc2)CC1)c1ccc(Cl)cc1. The Morgan fingerprint density at radius 3 is 2.34 bits per heavy atom. The first kappa shape index (κ1) is 21.6. The highest BCUT2D eigenvalue weighted by atomic mass is 35.5. The molecule has 0 saturated carbocycles. The van der Waals surface area contributed by atoms with Crippen molar-refractivity contribution in [2.75, 3.05) is 13.1 Å². The molecule has 7 heteroatoms. The number of hydrogen-bond acceptors (Lipinski definition) is 3. The van der Waals surface area contributed by atoms with E-state index in [1.165, 1.54) is 9.71 Å². The summed E-state index contributed by atoms with van der Waals surface area (Å²) in [5, 5.41) is 4.92. The maximum absolute atomic E-state index is 12.6. The van der Waals surface area contributed by atoms with Crippen LogP contribution in [0.3, 0.4) is 0 Å². The van der Waals surface area contributed by atoms with Crippen molar-refractivity contribution in [2.24, 2.45) is 5.92 Å². The summed E-state index contributed by atoms with van der Waals surface area (Å²) < 4.78 is 26.6. The van der Waals surface area contributed by atoms with Crippen LogP contribution in [-0.2, 0) is 14.8 Å². The fourth-order valence-corrected chi connectivity index (χ4v) is 4.70. The molecule has 154 valence electrons. The lowest BCUT2D eigenvalue weighted by atomic mass is 9.96. The summed E-state index contributed by atoms with van der Waals surface area (Å²) in [6, 6.07) is 16.6. The van der Waals surface area contributed by atoms with Gasteiger partial charge in [0.15, 0.2) is 0 Å². The monoisotopic (exact) mass is 432 g/mol. The molecule has 2 aromatic carbocycles. The van der Waals surface area contributed by atoms with Crippen LogP contribution in [0.5, 0.6) is 0 Å². The van der Waals surface area contributed by atoms with Crippen molar-refractivity contribution < 1.29 is 13.2 Å². The third-order valence-electron chi connectivity index (χ3n) is 5.15. The summed E-state index contributed by atoms with van der Waals surface area (Å²) in [6.07, 6.45) is 2.62. The van der Waals surface area contributed by atoms with E-state index in [1.54, 1.807) is 18.2 Å². The third kappa shape index (κ3) is 5.92. The zero-order valence-electron chi connectivity index (χ0n) is 16.3. The lowest BCUT2D eigenvalue weighted by Gasteiger charge is -2.30. The Bertz CT molecular complexity index is 951. The van der Waals surface area contributed by atoms with Crippen molar-refractivity contribution in [3.8, 4) is 0 Å². The molecule has 1 atom stereocenters. The van der Waals surface area contributed by atoms with Crippen molar-refractivity contribution in [1.82, 2.24) is 9.62 Å². The normalized spacial score (nSPS) is 17.3. The summed E-state index contributed by atoms with van der Waals surface area (Å²) in [6.45, 7) is 2.61. The molecule has 5 nitrogen and oxygen atoms in total. The van der Waals surface area contributed by atoms with Gasteiger partial charge in [0.05, 0.1) is 6.04 Å². The van der Waals surface area contributed by atoms with Gasteiger partial charge in [0, 0.05) is 29.4 Å². The molecular weight excluding hydrogens is 408 g/mol. The molecule has 1 fully saturated rings. The second kappa shape index (κ2) is 9.57. The average Bonchev–Trinajstić information content (AvgIpc) is 2.73. The predicted octanol–water partition coefficient (Wildman–Crippen LogP) is 4.23. The average molecular weight is 433 g/mol. The van der Waals surface area contributed by atoms with Crippen LogP contribution in [0.4, 0.5) is 0 Å². The fraction of sp³-hybridized carbons (Fsp3) is 0.318. The number of piperidine rings is 1. The summed E-state index contributed by atoms with van der Waals surface area (Å²) >= 11 is 5.91. The number of hydrogen-bond donors (Lipinski definition) is 1. The molecule has 2 aromatic rings. The summed E-state index contributed by atoms with van der Waals surface area (Å²) in [5.41, 5.74) is 1.82. The van der Waals surface area contributed by atoms with E-state index in [0.29, 0.717) is 31.0 Å². The number of sulfonamides is 1. The summed E-state index contributed by atoms with van der Waals surface area (Å²) in [7, 11) is -3.49. The minimum absolute atomic E-state index is 0.0377. The highest BCUT2D eigenvalue weighted by Crippen LogP contribution is 2.23. The topological polar surface area (TPSA) is 66.5 Å². The molecule has 1 aliphatic heterocycles. The predicted molar refractivity (Wildman–Crippen MR) is 117 cm³/mol. The van der Waals surface area contributed by atoms with Crippen molar-refractivity contribution >= 4 is 33.6 Å². The quantitative estimate of drug-likeness (QED) is 0.742. The summed E-state index contributed by atoms with van der Waals surface area (Å²) in [4.78, 5) is 12.6. The highest BCUT2D eigenvalue weighted by molar-refractivity contribution is 7.92. The standard InChI is InChI=1S/C22H25ClN2O3S/c1-17(19-7-9-21(23)10-8-19)24-22(26)20-11-14-25(15-12-20)29(27,28)16-13-18-5-3-2-4-6-18/h2-10,13,16-17,20H,11-12,14-15H2,1H3,(H,24,26)/b16-13+. The second-order valence-corrected chi connectivity index (χ2v) is 9.47. The van der Waals surface area contributed by atoms with Gasteiger partial charge in [-0.15, -0.1) is 0 Å². The molecule has 3 rings (SSSR count). The molecule has 0 aromatic heterocycles. The van der Waals surface area contributed by atoms with E-state index in [-0.39, 0.29) is 17.9 Å². The number of nitrogens with zero attached hydrogens (tertiary/aromatic N) is 1. The van der Waals surface area contributed by atoms with Crippen molar-refractivity contribution in [3.63, 3.8) is 0 Å². The zero-order valence-corrected chi connectivity index (χ0v) is 17.9. The molecule has 1 N–H and O–H groups in total. The number of nitrogens with one attached hydrogen (secondary N) is 1. The number of carbonyl (C=O) groups is 1. The number of benzene rings is 2. The second-order valence-electron chi connectivity index (χ2n) is 7.21. The van der Waals surface area contributed by atoms with E-state index in [4.69, 9.17) is 11.6 Å². The molecule has 1 heterocycles. The van der Waals surface area contributed by atoms with Gasteiger partial charge in [0.1, 0.15) is 0 Å². The first-order valence-corrected chi connectivity index (χ1v) is 11.5. The van der Waals surface area contributed by atoms with Crippen LogP contribution < -0.4 is 5.32 Å². The lowest BCUT2D eigenvalue weighted by molar-refractivity contribution is -0.126. The van der Waals surface area contributed by atoms with Crippen molar-refractivity contribution in [1.29, 1.82) is 0 Å². The maximum atomic E-state index is 12.6. The molecular formula is C22H25ClN2O3S. The summed E-state index contributed by atoms with van der Waals surface area (Å²) in [5.74, 6) is -0.223. The Morgan fingerprint density at radius 1 is 1.10 bits per heavy atom. The van der Waals surface area contributed by atoms with Gasteiger partial charge < -0.3 is 5.32 Å². The van der Waals surface area contributed by atoms with Crippen LogP contribution in [0.2, 0.25) is 5.02 Å². The van der Waals surface area contributed by atoms with Crippen LogP contribution in [0.25, 0.3) is 6.08 Å². The van der Waals surface area contributed by atoms with E-state index in [2.05, 4.69) is 5.32 Å². The largest absolute Gasteiger partial charge is 0.349 e. The van der Waals surface area contributed by atoms with Gasteiger partial charge in [-0.1, -0.05) is 54.1 Å². The smallest absolute Gasteiger partial charge is 0.236 e. The molecule has 1 saturated heterocycles. The van der Waals surface area contributed by atoms with Gasteiger partial charge in [-0.3, -0.25) is 4.79 Å². The fourth-order valence-electron chi connectivity index (χ4n) is 3.35. The number of amides is 1. The number of carbonyl (C=O) groups excluding carboxylic acids is 1. The Balaban J connectivity index is 1.53. The Morgan fingerprint density at radius 2 is 1.72 bits per heavy atom. The minimum Gasteiger partial charge on any atom is -0.349 e. The van der Waals surface area contributed by atoms with Gasteiger partial charge in [0.25, 0.3) is 0 Å². The molecule has 0 bridgehead atoms. The van der Waals surface area contributed by atoms with E-state index in [9.17, 15) is 13.2 Å². The Hall–Kier alpha value is -2.15.